The molecule has 0 aliphatic carbocycles. The summed E-state index contributed by atoms with van der Waals surface area (Å²) in [7, 11) is -4.07. The lowest BCUT2D eigenvalue weighted by Crippen LogP contribution is -2.16. The lowest BCUT2D eigenvalue weighted by molar-refractivity contribution is -0.136. The fourth-order valence-corrected chi connectivity index (χ4v) is 3.94. The van der Waals surface area contributed by atoms with Gasteiger partial charge in [-0.25, -0.2) is 8.42 Å². The van der Waals surface area contributed by atoms with Gasteiger partial charge in [-0.3, -0.25) is 4.72 Å². The number of rotatable bonds is 4. The van der Waals surface area contributed by atoms with Crippen LogP contribution in [-0.4, -0.2) is 8.42 Å². The number of halogens is 3. The van der Waals surface area contributed by atoms with E-state index in [0.717, 1.165) is 23.5 Å². The van der Waals surface area contributed by atoms with Crippen LogP contribution in [0.3, 0.4) is 0 Å². The summed E-state index contributed by atoms with van der Waals surface area (Å²) in [5, 5.41) is 0. The zero-order chi connectivity index (χ0) is 15.7. The van der Waals surface area contributed by atoms with Crippen molar-refractivity contribution in [3.63, 3.8) is 0 Å². The highest BCUT2D eigenvalue weighted by atomic mass is 32.2. The molecule has 0 aliphatic heterocycles. The maximum absolute atomic E-state index is 12.8. The van der Waals surface area contributed by atoms with Crippen molar-refractivity contribution in [2.24, 2.45) is 5.73 Å². The first-order chi connectivity index (χ1) is 9.74. The maximum Gasteiger partial charge on any atom is 0.418 e. The monoisotopic (exact) mass is 336 g/mol. The van der Waals surface area contributed by atoms with E-state index in [2.05, 4.69) is 0 Å². The third kappa shape index (κ3) is 3.55. The van der Waals surface area contributed by atoms with Crippen molar-refractivity contribution in [2.75, 3.05) is 4.72 Å². The molecule has 0 aliphatic rings. The van der Waals surface area contributed by atoms with Crippen molar-refractivity contribution in [1.82, 2.24) is 0 Å². The van der Waals surface area contributed by atoms with Crippen LogP contribution in [-0.2, 0) is 22.7 Å². The number of hydrogen-bond donors (Lipinski definition) is 2. The summed E-state index contributed by atoms with van der Waals surface area (Å²) >= 11 is 0.916. The number of nitrogens with one attached hydrogen (secondary N) is 1. The van der Waals surface area contributed by atoms with Crippen molar-refractivity contribution in [2.45, 2.75) is 16.9 Å². The summed E-state index contributed by atoms with van der Waals surface area (Å²) in [6.07, 6.45) is -4.64. The Morgan fingerprint density at radius 1 is 1.14 bits per heavy atom. The molecule has 1 aromatic heterocycles. The normalized spacial score (nSPS) is 12.4. The summed E-state index contributed by atoms with van der Waals surface area (Å²) in [5.41, 5.74) is 3.84. The van der Waals surface area contributed by atoms with Gasteiger partial charge < -0.3 is 5.73 Å². The molecule has 9 heteroatoms. The van der Waals surface area contributed by atoms with Crippen molar-refractivity contribution >= 4 is 27.0 Å². The number of hydrogen-bond acceptors (Lipinski definition) is 4. The van der Waals surface area contributed by atoms with Gasteiger partial charge in [0.05, 0.1) is 11.3 Å². The van der Waals surface area contributed by atoms with Crippen LogP contribution < -0.4 is 10.5 Å². The van der Waals surface area contributed by atoms with Gasteiger partial charge in [0.25, 0.3) is 10.0 Å². The molecule has 3 N–H and O–H groups in total. The quantitative estimate of drug-likeness (QED) is 0.901. The van der Waals surface area contributed by atoms with Crippen LogP contribution in [0.4, 0.5) is 18.9 Å². The molecule has 0 saturated carbocycles. The smallest absolute Gasteiger partial charge is 0.326 e. The molecule has 0 saturated heterocycles. The average Bonchev–Trinajstić information content (AvgIpc) is 2.87. The lowest BCUT2D eigenvalue weighted by Gasteiger charge is -2.13. The second-order valence-electron chi connectivity index (χ2n) is 4.07. The van der Waals surface area contributed by atoms with Crippen LogP contribution in [0.15, 0.2) is 40.6 Å². The summed E-state index contributed by atoms with van der Waals surface area (Å²) < 4.78 is 64.6. The molecule has 0 fully saturated rings. The van der Waals surface area contributed by atoms with Gasteiger partial charge in [0.1, 0.15) is 4.21 Å². The Bertz CT molecular complexity index is 739. The van der Waals surface area contributed by atoms with Gasteiger partial charge in [0.15, 0.2) is 0 Å². The molecule has 0 unspecified atom stereocenters. The number of anilines is 1. The predicted molar refractivity (Wildman–Crippen MR) is 74.5 cm³/mol. The highest BCUT2D eigenvalue weighted by Gasteiger charge is 2.34. The minimum Gasteiger partial charge on any atom is -0.326 e. The minimum absolute atomic E-state index is 0.0834. The minimum atomic E-state index is -4.64. The van der Waals surface area contributed by atoms with E-state index >= 15 is 0 Å². The molecule has 2 aromatic rings. The fraction of sp³-hybridized carbons (Fsp3) is 0.167. The van der Waals surface area contributed by atoms with Gasteiger partial charge in [-0.2, -0.15) is 13.2 Å². The molecule has 0 radical (unpaired) electrons. The van der Waals surface area contributed by atoms with Crippen molar-refractivity contribution in [3.8, 4) is 0 Å². The Kier molecular flexibility index (Phi) is 4.26. The number of alkyl halides is 3. The van der Waals surface area contributed by atoms with Gasteiger partial charge >= 0.3 is 6.18 Å². The first-order valence-electron chi connectivity index (χ1n) is 5.72. The number of benzene rings is 1. The van der Waals surface area contributed by atoms with Crippen molar-refractivity contribution in [3.05, 3.63) is 46.8 Å². The summed E-state index contributed by atoms with van der Waals surface area (Å²) in [6, 6.07) is 7.24. The zero-order valence-electron chi connectivity index (χ0n) is 10.5. The second kappa shape index (κ2) is 5.66. The number of para-hydroxylation sites is 1. The van der Waals surface area contributed by atoms with Crippen LogP contribution in [0.5, 0.6) is 0 Å². The van der Waals surface area contributed by atoms with Crippen LogP contribution in [0.2, 0.25) is 0 Å². The van der Waals surface area contributed by atoms with E-state index in [0.29, 0.717) is 4.88 Å². The van der Waals surface area contributed by atoms with E-state index in [4.69, 9.17) is 5.73 Å². The van der Waals surface area contributed by atoms with Gasteiger partial charge in [-0.1, -0.05) is 12.1 Å². The largest absolute Gasteiger partial charge is 0.418 e. The first kappa shape index (κ1) is 15.8. The molecular formula is C12H11F3N2O2S2. The topological polar surface area (TPSA) is 72.2 Å². The molecule has 0 spiro atoms. The van der Waals surface area contributed by atoms with Gasteiger partial charge in [0.2, 0.25) is 0 Å². The van der Waals surface area contributed by atoms with Crippen molar-refractivity contribution < 1.29 is 21.6 Å². The Labute approximate surface area is 123 Å². The molecule has 2 rings (SSSR count). The van der Waals surface area contributed by atoms with Gasteiger partial charge in [-0.15, -0.1) is 11.3 Å². The summed E-state index contributed by atoms with van der Waals surface area (Å²) in [5.74, 6) is 0. The van der Waals surface area contributed by atoms with E-state index in [1.807, 2.05) is 4.72 Å². The van der Waals surface area contributed by atoms with Gasteiger partial charge in [0, 0.05) is 11.4 Å². The first-order valence-corrected chi connectivity index (χ1v) is 8.02. The van der Waals surface area contributed by atoms with Crippen molar-refractivity contribution in [1.29, 1.82) is 0 Å². The van der Waals surface area contributed by atoms with Crippen LogP contribution in [0, 0.1) is 0 Å². The van der Waals surface area contributed by atoms with Gasteiger partial charge in [-0.05, 0) is 24.3 Å². The highest BCUT2D eigenvalue weighted by Crippen LogP contribution is 2.35. The lowest BCUT2D eigenvalue weighted by atomic mass is 10.2. The van der Waals surface area contributed by atoms with E-state index < -0.39 is 27.5 Å². The molecule has 21 heavy (non-hydrogen) atoms. The Hall–Kier alpha value is -1.58. The molecule has 0 amide bonds. The standard InChI is InChI=1S/C12H11F3N2O2S2/c13-12(14,15)9-3-1-2-4-10(9)17-21(18,19)11-6-5-8(7-16)20-11/h1-6,17H,7,16H2. The summed E-state index contributed by atoms with van der Waals surface area (Å²) in [6.45, 7) is 0.166. The third-order valence-electron chi connectivity index (χ3n) is 2.58. The molecule has 1 heterocycles. The highest BCUT2D eigenvalue weighted by molar-refractivity contribution is 7.94. The third-order valence-corrected chi connectivity index (χ3v) is 5.54. The molecule has 0 atom stereocenters. The average molecular weight is 336 g/mol. The van der Waals surface area contributed by atoms with Crippen LogP contribution in [0.25, 0.3) is 0 Å². The predicted octanol–water partition coefficient (Wildman–Crippen LogP) is 3.03. The Morgan fingerprint density at radius 2 is 1.81 bits per heavy atom. The number of thiophene rings is 1. The molecular weight excluding hydrogens is 325 g/mol. The Morgan fingerprint density at radius 3 is 2.38 bits per heavy atom. The number of sulfonamides is 1. The van der Waals surface area contributed by atoms with E-state index in [1.54, 1.807) is 0 Å². The fourth-order valence-electron chi connectivity index (χ4n) is 1.63. The second-order valence-corrected chi connectivity index (χ2v) is 7.15. The van der Waals surface area contributed by atoms with E-state index in [9.17, 15) is 21.6 Å². The van der Waals surface area contributed by atoms with E-state index in [1.165, 1.54) is 24.3 Å². The number of nitrogens with two attached hydrogens (primary N) is 1. The van der Waals surface area contributed by atoms with Crippen LogP contribution in [0.1, 0.15) is 10.4 Å². The van der Waals surface area contributed by atoms with E-state index in [-0.39, 0.29) is 10.8 Å². The Balaban J connectivity index is 2.38. The maximum atomic E-state index is 12.8. The molecule has 114 valence electrons. The zero-order valence-corrected chi connectivity index (χ0v) is 12.1. The SMILES string of the molecule is NCc1ccc(S(=O)(=O)Nc2ccccc2C(F)(F)F)s1. The molecule has 1 aromatic carbocycles. The summed E-state index contributed by atoms with van der Waals surface area (Å²) in [4.78, 5) is 0.625. The molecule has 0 bridgehead atoms. The molecule has 4 nitrogen and oxygen atoms in total. The van der Waals surface area contributed by atoms with Crippen LogP contribution >= 0.6 is 11.3 Å².